The lowest BCUT2D eigenvalue weighted by Gasteiger charge is -2.18. The summed E-state index contributed by atoms with van der Waals surface area (Å²) in [6.45, 7) is 2.45. The third kappa shape index (κ3) is 1.35. The number of aromatic amines is 1. The Balaban J connectivity index is 2.34. The molecule has 0 aliphatic carbocycles. The van der Waals surface area contributed by atoms with Crippen LogP contribution in [0.3, 0.4) is 0 Å². The van der Waals surface area contributed by atoms with E-state index in [-0.39, 0.29) is 0 Å². The summed E-state index contributed by atoms with van der Waals surface area (Å²) in [5.41, 5.74) is 6.35. The van der Waals surface area contributed by atoms with E-state index in [9.17, 15) is 0 Å². The molecule has 0 radical (unpaired) electrons. The van der Waals surface area contributed by atoms with Crippen molar-refractivity contribution in [1.29, 1.82) is 0 Å². The van der Waals surface area contributed by atoms with E-state index in [0.717, 1.165) is 5.69 Å². The van der Waals surface area contributed by atoms with E-state index >= 15 is 0 Å². The Hall–Kier alpha value is -1.56. The SMILES string of the molecule is CCOC1=NC(N)Nc2nc[nH]c21. The van der Waals surface area contributed by atoms with Crippen molar-refractivity contribution in [3.05, 3.63) is 12.0 Å². The first kappa shape index (κ1) is 8.06. The molecule has 0 aromatic carbocycles. The second kappa shape index (κ2) is 3.06. The number of rotatable bonds is 1. The molecule has 0 saturated heterocycles. The second-order valence-electron chi connectivity index (χ2n) is 2.58. The second-order valence-corrected chi connectivity index (χ2v) is 2.58. The van der Waals surface area contributed by atoms with Crippen LogP contribution in [0.25, 0.3) is 0 Å². The Morgan fingerprint density at radius 3 is 3.31 bits per heavy atom. The van der Waals surface area contributed by atoms with Gasteiger partial charge in [-0.05, 0) is 6.92 Å². The van der Waals surface area contributed by atoms with Crippen LogP contribution in [0.5, 0.6) is 0 Å². The maximum Gasteiger partial charge on any atom is 0.240 e. The first-order valence-electron chi connectivity index (χ1n) is 4.07. The van der Waals surface area contributed by atoms with Crippen LogP contribution in [-0.4, -0.2) is 28.8 Å². The minimum Gasteiger partial charge on any atom is -0.477 e. The van der Waals surface area contributed by atoms with Crippen LogP contribution in [0.1, 0.15) is 12.6 Å². The topological polar surface area (TPSA) is 88.3 Å². The van der Waals surface area contributed by atoms with Crippen molar-refractivity contribution < 1.29 is 4.74 Å². The number of nitrogens with zero attached hydrogens (tertiary/aromatic N) is 2. The van der Waals surface area contributed by atoms with Crippen molar-refractivity contribution in [2.75, 3.05) is 11.9 Å². The van der Waals surface area contributed by atoms with Crippen molar-refractivity contribution in [2.24, 2.45) is 10.7 Å². The zero-order chi connectivity index (χ0) is 9.26. The predicted octanol–water partition coefficient (Wildman–Crippen LogP) is -0.139. The molecule has 1 aromatic heterocycles. The number of nitrogens with one attached hydrogen (secondary N) is 2. The molecule has 0 spiro atoms. The Bertz CT molecular complexity index is 331. The van der Waals surface area contributed by atoms with Gasteiger partial charge in [-0.15, -0.1) is 0 Å². The van der Waals surface area contributed by atoms with Gasteiger partial charge in [0.15, 0.2) is 12.1 Å². The molecule has 70 valence electrons. The maximum atomic E-state index is 5.60. The summed E-state index contributed by atoms with van der Waals surface area (Å²) in [6.07, 6.45) is 1.10. The molecule has 4 N–H and O–H groups in total. The molecule has 13 heavy (non-hydrogen) atoms. The Kier molecular flexibility index (Phi) is 1.90. The standard InChI is InChI=1S/C7H11N5O/c1-2-13-6-4-5(10-3-9-4)11-7(8)12-6/h3,7,11H,2,8H2,1H3,(H,9,10). The van der Waals surface area contributed by atoms with Gasteiger partial charge in [-0.2, -0.15) is 0 Å². The summed E-state index contributed by atoms with van der Waals surface area (Å²) in [4.78, 5) is 11.0. The van der Waals surface area contributed by atoms with Gasteiger partial charge >= 0.3 is 0 Å². The number of fused-ring (bicyclic) bond motifs is 1. The number of hydrogen-bond donors (Lipinski definition) is 3. The van der Waals surface area contributed by atoms with Gasteiger partial charge in [-0.25, -0.2) is 9.98 Å². The molecule has 1 unspecified atom stereocenters. The van der Waals surface area contributed by atoms with E-state index in [0.29, 0.717) is 18.3 Å². The zero-order valence-electron chi connectivity index (χ0n) is 7.24. The highest BCUT2D eigenvalue weighted by Gasteiger charge is 2.20. The molecule has 2 heterocycles. The van der Waals surface area contributed by atoms with Crippen LogP contribution < -0.4 is 11.1 Å². The van der Waals surface area contributed by atoms with Gasteiger partial charge in [0.05, 0.1) is 12.9 Å². The molecule has 6 nitrogen and oxygen atoms in total. The molecule has 2 rings (SSSR count). The van der Waals surface area contributed by atoms with Crippen molar-refractivity contribution in [3.8, 4) is 0 Å². The van der Waals surface area contributed by atoms with Crippen LogP contribution >= 0.6 is 0 Å². The first-order valence-corrected chi connectivity index (χ1v) is 4.07. The number of anilines is 1. The van der Waals surface area contributed by atoms with Gasteiger partial charge in [-0.1, -0.05) is 0 Å². The number of nitrogens with two attached hydrogens (primary N) is 1. The molecular weight excluding hydrogens is 170 g/mol. The van der Waals surface area contributed by atoms with E-state index in [1.807, 2.05) is 6.92 Å². The van der Waals surface area contributed by atoms with E-state index in [2.05, 4.69) is 20.3 Å². The largest absolute Gasteiger partial charge is 0.477 e. The lowest BCUT2D eigenvalue weighted by atomic mass is 10.4. The molecule has 0 fully saturated rings. The van der Waals surface area contributed by atoms with Crippen molar-refractivity contribution in [2.45, 2.75) is 13.2 Å². The van der Waals surface area contributed by atoms with Crippen LogP contribution in [0.15, 0.2) is 11.3 Å². The summed E-state index contributed by atoms with van der Waals surface area (Å²) < 4.78 is 5.30. The summed E-state index contributed by atoms with van der Waals surface area (Å²) in [5, 5.41) is 2.90. The fourth-order valence-electron chi connectivity index (χ4n) is 1.18. The molecule has 0 amide bonds. The number of imidazole rings is 1. The highest BCUT2D eigenvalue weighted by atomic mass is 16.5. The van der Waals surface area contributed by atoms with Crippen LogP contribution in [0.2, 0.25) is 0 Å². The molecule has 0 saturated carbocycles. The number of H-pyrrole nitrogens is 1. The number of aliphatic imine (C=N–C) groups is 1. The molecule has 1 aliphatic heterocycles. The molecule has 1 aromatic rings. The maximum absolute atomic E-state index is 5.60. The van der Waals surface area contributed by atoms with E-state index in [1.54, 1.807) is 6.33 Å². The number of hydrogen-bond acceptors (Lipinski definition) is 5. The molecule has 1 aliphatic rings. The summed E-state index contributed by atoms with van der Waals surface area (Å²) in [6, 6.07) is 0. The average molecular weight is 181 g/mol. The van der Waals surface area contributed by atoms with Crippen LogP contribution in [0.4, 0.5) is 5.82 Å². The molecule has 1 atom stereocenters. The fourth-order valence-corrected chi connectivity index (χ4v) is 1.18. The third-order valence-corrected chi connectivity index (χ3v) is 1.68. The quantitative estimate of drug-likeness (QED) is 0.562. The summed E-state index contributed by atoms with van der Waals surface area (Å²) in [7, 11) is 0. The Morgan fingerprint density at radius 2 is 2.54 bits per heavy atom. The lowest BCUT2D eigenvalue weighted by molar-refractivity contribution is 0.323. The van der Waals surface area contributed by atoms with E-state index in [4.69, 9.17) is 10.5 Å². The summed E-state index contributed by atoms with van der Waals surface area (Å²) >= 11 is 0. The van der Waals surface area contributed by atoms with Crippen LogP contribution in [0, 0.1) is 0 Å². The number of aromatic nitrogens is 2. The van der Waals surface area contributed by atoms with Crippen molar-refractivity contribution in [1.82, 2.24) is 9.97 Å². The molecular formula is C7H11N5O. The lowest BCUT2D eigenvalue weighted by Crippen LogP contribution is -2.34. The first-order chi connectivity index (χ1) is 6.31. The highest BCUT2D eigenvalue weighted by molar-refractivity contribution is 5.98. The Morgan fingerprint density at radius 1 is 1.69 bits per heavy atom. The van der Waals surface area contributed by atoms with E-state index < -0.39 is 6.29 Å². The third-order valence-electron chi connectivity index (χ3n) is 1.68. The Labute approximate surface area is 75.2 Å². The van der Waals surface area contributed by atoms with Gasteiger partial charge in [-0.3, -0.25) is 5.73 Å². The van der Waals surface area contributed by atoms with Gasteiger partial charge < -0.3 is 15.0 Å². The fraction of sp³-hybridized carbons (Fsp3) is 0.429. The van der Waals surface area contributed by atoms with Gasteiger partial charge in [0, 0.05) is 0 Å². The van der Waals surface area contributed by atoms with Crippen molar-refractivity contribution in [3.63, 3.8) is 0 Å². The van der Waals surface area contributed by atoms with Crippen molar-refractivity contribution >= 4 is 11.7 Å². The van der Waals surface area contributed by atoms with Gasteiger partial charge in [0.25, 0.3) is 0 Å². The minimum absolute atomic E-state index is 0.475. The van der Waals surface area contributed by atoms with Crippen LogP contribution in [-0.2, 0) is 4.74 Å². The highest BCUT2D eigenvalue weighted by Crippen LogP contribution is 2.16. The van der Waals surface area contributed by atoms with Gasteiger partial charge in [0.2, 0.25) is 5.90 Å². The average Bonchev–Trinajstić information content (AvgIpc) is 2.52. The smallest absolute Gasteiger partial charge is 0.240 e. The molecule has 0 bridgehead atoms. The van der Waals surface area contributed by atoms with Gasteiger partial charge in [0.1, 0.15) is 5.69 Å². The summed E-state index contributed by atoms with van der Waals surface area (Å²) in [5.74, 6) is 1.20. The monoisotopic (exact) mass is 181 g/mol. The predicted molar refractivity (Wildman–Crippen MR) is 48.3 cm³/mol. The normalized spacial score (nSPS) is 20.2. The number of ether oxygens (including phenoxy) is 1. The van der Waals surface area contributed by atoms with E-state index in [1.165, 1.54) is 0 Å². The zero-order valence-corrected chi connectivity index (χ0v) is 7.24. The minimum atomic E-state index is -0.475. The molecule has 6 heteroatoms.